The molecule has 6 heterocycles. The third-order valence-corrected chi connectivity index (χ3v) is 33.7. The molecule has 0 spiro atoms. The van der Waals surface area contributed by atoms with Crippen molar-refractivity contribution in [3.63, 3.8) is 0 Å². The summed E-state index contributed by atoms with van der Waals surface area (Å²) in [5, 5.41) is 21.9. The van der Waals surface area contributed by atoms with Crippen molar-refractivity contribution in [2.24, 2.45) is 0 Å². The van der Waals surface area contributed by atoms with Crippen molar-refractivity contribution in [1.29, 1.82) is 0 Å². The molecule has 706 valence electrons. The van der Waals surface area contributed by atoms with E-state index in [1.54, 1.807) is 0 Å². The Morgan fingerprint density at radius 2 is 0.473 bits per heavy atom. The molecule has 10 nitrogen and oxygen atoms in total. The van der Waals surface area contributed by atoms with Gasteiger partial charge in [-0.25, -0.2) is 0 Å². The van der Waals surface area contributed by atoms with Crippen LogP contribution < -0.4 is 19.6 Å². The molecule has 0 radical (unpaired) electrons. The molecule has 26 aromatic rings. The number of hydrogen-bond acceptors (Lipinski definition) is 10. The molecule has 20 aromatic carbocycles. The number of benzene rings is 20. The van der Waals surface area contributed by atoms with Gasteiger partial charge >= 0.3 is 0 Å². The Morgan fingerprint density at radius 1 is 0.192 bits per heavy atom. The van der Waals surface area contributed by atoms with Gasteiger partial charge in [0.15, 0.2) is 22.3 Å². The Morgan fingerprint density at radius 3 is 0.829 bits per heavy atom. The Labute approximate surface area is 844 Å². The predicted octanol–water partition coefficient (Wildman–Crippen LogP) is 40.7. The van der Waals surface area contributed by atoms with Crippen LogP contribution in [0.4, 0.5) is 68.2 Å². The van der Waals surface area contributed by atoms with E-state index in [4.69, 9.17) is 26.5 Å². The highest BCUT2D eigenvalue weighted by Crippen LogP contribution is 2.59. The minimum absolute atomic E-state index is 0.367. The molecule has 0 bridgehead atoms. The van der Waals surface area contributed by atoms with Gasteiger partial charge in [-0.05, 0) is 236 Å². The standard InChI is InChI=1S/C136H106N4O6/c1-80-63-68-89(69-64-80)137(112-60-26-56-108-105-53-22-49-93(84-31-4-5-32-84)129(105)143-133(108)112)116-76-120-125(101-45-16-12-41-97(101)116)126-102-46-17-13-42-98(102)117(77-121(126)141-120)138(90-70-65-81(2)66-71-90)115-72-67-88(124-111-59-25-52-96(87-37-10-11-38-87)132(111)146-136(115)124)74-83-30-21-40-92(75-83)140(114-62-28-58-110-107-55-24-51-95(86-35-8-9-36-86)131(107)145-135(110)114)119-79-123-128(104-48-19-15-44-100(104)119)127-103-47-18-14-43-99(103)118(78-122(127)142-123)139(91-39-20-29-82(3)73-91)113-61-27-57-109-106-54-23-50-94(85-33-6-7-34-85)130(106)144-134(109)113/h12-30,39-73,75-79,84-87H,4-11,31-38,74H2,1-3H3. The Kier molecular flexibility index (Phi) is 19.7. The molecule has 0 saturated heterocycles. The SMILES string of the molecule is Cc1ccc(N(c2cc3oc4cc(N(c5ccc(C)cc5)c5ccc(Cc6cccc(N(c7cc8oc9cc(N(c%10cccc(C)c%10)c%10cccc%11c%10oc%10c(C%12CCCC%12)cccc%10%11)c%10ccccc%10c9c8c8ccccc78)c7cccc8c7oc7c(C9CCCC9)cccc78)c6)c6c5oc5c(C7CCCC7)cccc56)c5ccccc5c4c3c3ccccc23)c2cccc3c2oc2c(C4CCCC4)cccc23)cc1. The summed E-state index contributed by atoms with van der Waals surface area (Å²) >= 11 is 0. The summed E-state index contributed by atoms with van der Waals surface area (Å²) in [6.07, 6.45) is 19.6. The fourth-order valence-electron chi connectivity index (χ4n) is 27.0. The zero-order valence-electron chi connectivity index (χ0n) is 82.1. The number of rotatable bonds is 18. The van der Waals surface area contributed by atoms with Crippen molar-refractivity contribution in [3.8, 4) is 0 Å². The van der Waals surface area contributed by atoms with Gasteiger partial charge in [-0.1, -0.05) is 323 Å². The molecular formula is C136H106N4O6. The quantitative estimate of drug-likeness (QED) is 0.0827. The van der Waals surface area contributed by atoms with Gasteiger partial charge in [-0.3, -0.25) is 0 Å². The van der Waals surface area contributed by atoms with E-state index in [-0.39, 0.29) is 0 Å². The van der Waals surface area contributed by atoms with Gasteiger partial charge in [0.25, 0.3) is 0 Å². The van der Waals surface area contributed by atoms with Crippen LogP contribution in [-0.4, -0.2) is 0 Å². The zero-order valence-corrected chi connectivity index (χ0v) is 82.1. The van der Waals surface area contributed by atoms with Crippen LogP contribution in [0.15, 0.2) is 384 Å². The lowest BCUT2D eigenvalue weighted by atomic mass is 9.93. The van der Waals surface area contributed by atoms with Gasteiger partial charge in [-0.15, -0.1) is 0 Å². The summed E-state index contributed by atoms with van der Waals surface area (Å²) in [6, 6.07) is 134. The third kappa shape index (κ3) is 13.4. The molecule has 0 unspecified atom stereocenters. The minimum Gasteiger partial charge on any atom is -0.456 e. The van der Waals surface area contributed by atoms with E-state index in [0.717, 1.165) is 285 Å². The number of furan rings is 6. The van der Waals surface area contributed by atoms with Crippen LogP contribution in [0.5, 0.6) is 0 Å². The van der Waals surface area contributed by atoms with Crippen molar-refractivity contribution in [2.45, 2.75) is 154 Å². The fraction of sp³-hybridized carbons (Fsp3) is 0.176. The van der Waals surface area contributed by atoms with Crippen LogP contribution in [0, 0.1) is 20.8 Å². The zero-order chi connectivity index (χ0) is 96.2. The lowest BCUT2D eigenvalue weighted by Crippen LogP contribution is -2.12. The van der Waals surface area contributed by atoms with Gasteiger partial charge < -0.3 is 46.1 Å². The summed E-state index contributed by atoms with van der Waals surface area (Å²) in [6.45, 7) is 6.53. The summed E-state index contributed by atoms with van der Waals surface area (Å²) in [7, 11) is 0. The van der Waals surface area contributed by atoms with Crippen molar-refractivity contribution in [3.05, 3.63) is 408 Å². The second-order valence-electron chi connectivity index (χ2n) is 42.3. The van der Waals surface area contributed by atoms with Gasteiger partial charge in [0.05, 0.1) is 45.5 Å². The maximum absolute atomic E-state index is 7.94. The van der Waals surface area contributed by atoms with Crippen LogP contribution in [-0.2, 0) is 6.42 Å². The topological polar surface area (TPSA) is 91.8 Å². The number of nitrogens with zero attached hydrogens (tertiary/aromatic N) is 4. The largest absolute Gasteiger partial charge is 0.456 e. The maximum atomic E-state index is 7.94. The van der Waals surface area contributed by atoms with Crippen LogP contribution in [0.2, 0.25) is 0 Å². The molecule has 4 fully saturated rings. The number of hydrogen-bond donors (Lipinski definition) is 0. The summed E-state index contributed by atoms with van der Waals surface area (Å²) in [5.74, 6) is 1.75. The molecule has 4 aliphatic carbocycles. The molecule has 0 amide bonds. The molecule has 6 aromatic heterocycles. The molecule has 10 heteroatoms. The Bertz CT molecular complexity index is 9860. The summed E-state index contributed by atoms with van der Waals surface area (Å²) in [5.41, 5.74) is 33.3. The molecule has 146 heavy (non-hydrogen) atoms. The fourth-order valence-corrected chi connectivity index (χ4v) is 27.0. The van der Waals surface area contributed by atoms with Gasteiger partial charge in [0.2, 0.25) is 0 Å². The van der Waals surface area contributed by atoms with E-state index in [1.807, 2.05) is 0 Å². The van der Waals surface area contributed by atoms with E-state index >= 15 is 0 Å². The molecule has 4 aliphatic rings. The van der Waals surface area contributed by atoms with E-state index < -0.39 is 0 Å². The van der Waals surface area contributed by atoms with E-state index in [0.29, 0.717) is 30.1 Å². The first-order chi connectivity index (χ1) is 72.1. The van der Waals surface area contributed by atoms with E-state index in [9.17, 15) is 0 Å². The maximum Gasteiger partial charge on any atom is 0.159 e. The second-order valence-corrected chi connectivity index (χ2v) is 42.3. The van der Waals surface area contributed by atoms with Gasteiger partial charge in [0.1, 0.15) is 44.7 Å². The van der Waals surface area contributed by atoms with E-state index in [1.165, 1.54) is 110 Å². The lowest BCUT2D eigenvalue weighted by Gasteiger charge is -2.28. The first-order valence-electron chi connectivity index (χ1n) is 53.0. The van der Waals surface area contributed by atoms with Gasteiger partial charge in [-0.2, -0.15) is 0 Å². The molecule has 0 atom stereocenters. The molecule has 0 N–H and O–H groups in total. The Balaban J connectivity index is 0.598. The number of para-hydroxylation sites is 7. The first-order valence-corrected chi connectivity index (χ1v) is 53.0. The number of aryl methyl sites for hydroxylation is 3. The lowest BCUT2D eigenvalue weighted by molar-refractivity contribution is 0.643. The Hall–Kier alpha value is -16.6. The first kappa shape index (κ1) is 85.1. The highest BCUT2D eigenvalue weighted by atomic mass is 16.4. The molecule has 4 saturated carbocycles. The number of anilines is 12. The third-order valence-electron chi connectivity index (χ3n) is 33.7. The molecule has 0 aliphatic heterocycles. The average Bonchev–Trinajstić information content (AvgIpc) is 1.54. The monoisotopic (exact) mass is 1890 g/mol. The van der Waals surface area contributed by atoms with Crippen LogP contribution >= 0.6 is 0 Å². The highest BCUT2D eigenvalue weighted by molar-refractivity contribution is 6.33. The van der Waals surface area contributed by atoms with Gasteiger partial charge in [0, 0.05) is 133 Å². The minimum atomic E-state index is 0.367. The van der Waals surface area contributed by atoms with Crippen molar-refractivity contribution < 1.29 is 26.5 Å². The predicted molar refractivity (Wildman–Crippen MR) is 607 cm³/mol. The van der Waals surface area contributed by atoms with Crippen LogP contribution in [0.3, 0.4) is 0 Å². The smallest absolute Gasteiger partial charge is 0.159 e. The molecule has 30 rings (SSSR count). The summed E-state index contributed by atoms with van der Waals surface area (Å²) in [4.78, 5) is 9.77. The number of fused-ring (bicyclic) bond motifs is 26. The van der Waals surface area contributed by atoms with Crippen molar-refractivity contribution in [1.82, 2.24) is 0 Å². The molecular weight excluding hydrogens is 1790 g/mol. The summed E-state index contributed by atoms with van der Waals surface area (Å²) < 4.78 is 45.7. The normalized spacial score (nSPS) is 14.8. The van der Waals surface area contributed by atoms with Crippen molar-refractivity contribution >= 4 is 243 Å². The average molecular weight is 1890 g/mol. The second kappa shape index (κ2) is 33.8. The highest BCUT2D eigenvalue weighted by Gasteiger charge is 2.36. The van der Waals surface area contributed by atoms with Crippen LogP contribution in [0.1, 0.15) is 176 Å². The van der Waals surface area contributed by atoms with Crippen LogP contribution in [0.25, 0.3) is 175 Å². The van der Waals surface area contributed by atoms with Crippen molar-refractivity contribution in [2.75, 3.05) is 19.6 Å². The van der Waals surface area contributed by atoms with E-state index in [2.05, 4.69) is 398 Å².